The van der Waals surface area contributed by atoms with Gasteiger partial charge in [0.2, 0.25) is 5.91 Å². The number of carbonyl (C=O) groups excluding carboxylic acids is 1. The SMILES string of the molecule is O=C(CCC1CCNCC1)NC1(c2ccccc2)CCCCC1. The largest absolute Gasteiger partial charge is 0.347 e. The van der Waals surface area contributed by atoms with Gasteiger partial charge in [0.25, 0.3) is 0 Å². The van der Waals surface area contributed by atoms with Crippen LogP contribution in [-0.4, -0.2) is 19.0 Å². The minimum absolute atomic E-state index is 0.120. The number of benzene rings is 1. The van der Waals surface area contributed by atoms with Gasteiger partial charge in [-0.15, -0.1) is 0 Å². The maximum atomic E-state index is 12.6. The first-order valence-electron chi connectivity index (χ1n) is 9.36. The van der Waals surface area contributed by atoms with E-state index in [2.05, 4.69) is 41.0 Å². The lowest BCUT2D eigenvalue weighted by Gasteiger charge is -2.39. The summed E-state index contributed by atoms with van der Waals surface area (Å²) in [5.74, 6) is 0.968. The number of carbonyl (C=O) groups is 1. The van der Waals surface area contributed by atoms with Crippen LogP contribution in [0.4, 0.5) is 0 Å². The lowest BCUT2D eigenvalue weighted by Crippen LogP contribution is -2.47. The van der Waals surface area contributed by atoms with Gasteiger partial charge in [0.05, 0.1) is 5.54 Å². The Morgan fingerprint density at radius 1 is 1.09 bits per heavy atom. The molecule has 1 amide bonds. The van der Waals surface area contributed by atoms with Gasteiger partial charge in [-0.05, 0) is 56.7 Å². The van der Waals surface area contributed by atoms with E-state index in [0.29, 0.717) is 6.42 Å². The number of hydrogen-bond acceptors (Lipinski definition) is 2. The average molecular weight is 314 g/mol. The van der Waals surface area contributed by atoms with Gasteiger partial charge < -0.3 is 10.6 Å². The van der Waals surface area contributed by atoms with Crippen molar-refractivity contribution >= 4 is 5.91 Å². The second-order valence-electron chi connectivity index (χ2n) is 7.29. The van der Waals surface area contributed by atoms with Gasteiger partial charge in [-0.1, -0.05) is 49.6 Å². The number of amides is 1. The Bertz CT molecular complexity index is 488. The second kappa shape index (κ2) is 7.96. The van der Waals surface area contributed by atoms with E-state index in [-0.39, 0.29) is 11.4 Å². The van der Waals surface area contributed by atoms with Crippen molar-refractivity contribution in [2.45, 2.75) is 63.3 Å². The molecule has 0 unspecified atom stereocenters. The number of rotatable bonds is 5. The van der Waals surface area contributed by atoms with Crippen molar-refractivity contribution in [2.75, 3.05) is 13.1 Å². The van der Waals surface area contributed by atoms with Gasteiger partial charge in [-0.2, -0.15) is 0 Å². The summed E-state index contributed by atoms with van der Waals surface area (Å²) in [6.07, 6.45) is 10.0. The number of hydrogen-bond donors (Lipinski definition) is 2. The maximum Gasteiger partial charge on any atom is 0.220 e. The normalized spacial score (nSPS) is 21.7. The van der Waals surface area contributed by atoms with Crippen LogP contribution < -0.4 is 10.6 Å². The predicted octanol–water partition coefficient (Wildman–Crippen LogP) is 3.74. The molecular formula is C20H30N2O. The summed E-state index contributed by atoms with van der Waals surface area (Å²) in [5.41, 5.74) is 1.17. The molecular weight excluding hydrogens is 284 g/mol. The summed E-state index contributed by atoms with van der Waals surface area (Å²) in [7, 11) is 0. The molecule has 23 heavy (non-hydrogen) atoms. The molecule has 1 aromatic rings. The summed E-state index contributed by atoms with van der Waals surface area (Å²) in [5, 5.41) is 6.83. The first-order valence-corrected chi connectivity index (χ1v) is 9.36. The van der Waals surface area contributed by atoms with Crippen molar-refractivity contribution in [3.63, 3.8) is 0 Å². The van der Waals surface area contributed by atoms with Gasteiger partial charge in [-0.3, -0.25) is 4.79 Å². The van der Waals surface area contributed by atoms with Crippen LogP contribution in [0, 0.1) is 5.92 Å². The highest BCUT2D eigenvalue weighted by atomic mass is 16.1. The fraction of sp³-hybridized carbons (Fsp3) is 0.650. The fourth-order valence-electron chi connectivity index (χ4n) is 4.23. The van der Waals surface area contributed by atoms with Crippen molar-refractivity contribution in [3.8, 4) is 0 Å². The van der Waals surface area contributed by atoms with Crippen molar-refractivity contribution in [1.29, 1.82) is 0 Å². The van der Waals surface area contributed by atoms with Crippen LogP contribution in [0.15, 0.2) is 30.3 Å². The molecule has 1 aliphatic heterocycles. The van der Waals surface area contributed by atoms with E-state index in [1.807, 2.05) is 0 Å². The maximum absolute atomic E-state index is 12.6. The topological polar surface area (TPSA) is 41.1 Å². The lowest BCUT2D eigenvalue weighted by atomic mass is 9.76. The van der Waals surface area contributed by atoms with Gasteiger partial charge in [0, 0.05) is 6.42 Å². The van der Waals surface area contributed by atoms with Crippen molar-refractivity contribution < 1.29 is 4.79 Å². The summed E-state index contributed by atoms with van der Waals surface area (Å²) in [6.45, 7) is 2.22. The third-order valence-corrected chi connectivity index (χ3v) is 5.65. The zero-order chi connectivity index (χ0) is 16.0. The molecule has 0 spiro atoms. The molecule has 3 nitrogen and oxygen atoms in total. The molecule has 2 fully saturated rings. The Kier molecular flexibility index (Phi) is 5.71. The Morgan fingerprint density at radius 2 is 1.78 bits per heavy atom. The molecule has 3 rings (SSSR count). The van der Waals surface area contributed by atoms with E-state index in [9.17, 15) is 4.79 Å². The van der Waals surface area contributed by atoms with E-state index in [1.54, 1.807) is 0 Å². The van der Waals surface area contributed by atoms with Gasteiger partial charge in [0.15, 0.2) is 0 Å². The molecule has 1 aromatic carbocycles. The third-order valence-electron chi connectivity index (χ3n) is 5.65. The van der Waals surface area contributed by atoms with Crippen LogP contribution in [-0.2, 0) is 10.3 Å². The van der Waals surface area contributed by atoms with Crippen molar-refractivity contribution in [1.82, 2.24) is 10.6 Å². The molecule has 3 heteroatoms. The Morgan fingerprint density at radius 3 is 2.48 bits per heavy atom. The molecule has 0 atom stereocenters. The smallest absolute Gasteiger partial charge is 0.220 e. The molecule has 0 aromatic heterocycles. The predicted molar refractivity (Wildman–Crippen MR) is 94.2 cm³/mol. The van der Waals surface area contributed by atoms with Crippen LogP contribution in [0.5, 0.6) is 0 Å². The highest BCUT2D eigenvalue weighted by molar-refractivity contribution is 5.77. The highest BCUT2D eigenvalue weighted by Crippen LogP contribution is 2.37. The number of nitrogens with one attached hydrogen (secondary N) is 2. The van der Waals surface area contributed by atoms with E-state index < -0.39 is 0 Å². The molecule has 2 aliphatic rings. The Balaban J connectivity index is 1.60. The highest BCUT2D eigenvalue weighted by Gasteiger charge is 2.35. The second-order valence-corrected chi connectivity index (χ2v) is 7.29. The van der Waals surface area contributed by atoms with E-state index in [4.69, 9.17) is 0 Å². The number of piperidine rings is 1. The first-order chi connectivity index (χ1) is 11.3. The molecule has 0 bridgehead atoms. The molecule has 0 radical (unpaired) electrons. The molecule has 1 heterocycles. The Hall–Kier alpha value is -1.35. The minimum atomic E-state index is -0.120. The zero-order valence-electron chi connectivity index (χ0n) is 14.2. The third kappa shape index (κ3) is 4.35. The molecule has 126 valence electrons. The van der Waals surface area contributed by atoms with E-state index in [1.165, 1.54) is 37.7 Å². The van der Waals surface area contributed by atoms with Gasteiger partial charge in [-0.25, -0.2) is 0 Å². The fourth-order valence-corrected chi connectivity index (χ4v) is 4.23. The molecule has 2 N–H and O–H groups in total. The summed E-state index contributed by atoms with van der Waals surface area (Å²) < 4.78 is 0. The summed E-state index contributed by atoms with van der Waals surface area (Å²) >= 11 is 0. The van der Waals surface area contributed by atoms with Crippen LogP contribution in [0.3, 0.4) is 0 Å². The first kappa shape index (κ1) is 16.5. The summed E-state index contributed by atoms with van der Waals surface area (Å²) in [6, 6.07) is 10.6. The Labute approximate surface area is 140 Å². The van der Waals surface area contributed by atoms with Crippen molar-refractivity contribution in [3.05, 3.63) is 35.9 Å². The van der Waals surface area contributed by atoms with Gasteiger partial charge >= 0.3 is 0 Å². The monoisotopic (exact) mass is 314 g/mol. The van der Waals surface area contributed by atoms with Crippen LogP contribution in [0.1, 0.15) is 63.4 Å². The van der Waals surface area contributed by atoms with Gasteiger partial charge in [0.1, 0.15) is 0 Å². The average Bonchev–Trinajstić information content (AvgIpc) is 2.62. The minimum Gasteiger partial charge on any atom is -0.347 e. The van der Waals surface area contributed by atoms with E-state index >= 15 is 0 Å². The van der Waals surface area contributed by atoms with Crippen LogP contribution in [0.2, 0.25) is 0 Å². The quantitative estimate of drug-likeness (QED) is 0.869. The van der Waals surface area contributed by atoms with Crippen LogP contribution in [0.25, 0.3) is 0 Å². The van der Waals surface area contributed by atoms with Crippen molar-refractivity contribution in [2.24, 2.45) is 5.92 Å². The van der Waals surface area contributed by atoms with E-state index in [0.717, 1.165) is 38.3 Å². The standard InChI is InChI=1S/C20H30N2O/c23-19(10-9-17-11-15-21-16-12-17)22-20(13-5-2-6-14-20)18-7-3-1-4-8-18/h1,3-4,7-8,17,21H,2,5-6,9-16H2,(H,22,23). The summed E-state index contributed by atoms with van der Waals surface area (Å²) in [4.78, 5) is 12.6. The molecule has 1 aliphatic carbocycles. The molecule has 1 saturated heterocycles. The molecule has 1 saturated carbocycles. The lowest BCUT2D eigenvalue weighted by molar-refractivity contribution is -0.124. The van der Waals surface area contributed by atoms with Crippen LogP contribution >= 0.6 is 0 Å². The zero-order valence-corrected chi connectivity index (χ0v) is 14.2.